The first kappa shape index (κ1) is 16.7. The molecule has 2 N–H and O–H groups in total. The Morgan fingerprint density at radius 1 is 1.30 bits per heavy atom. The number of carbonyl (C=O) groups excluding carboxylic acids is 1. The first-order valence-corrected chi connectivity index (χ1v) is 7.84. The average Bonchev–Trinajstić information content (AvgIpc) is 2.38. The van der Waals surface area contributed by atoms with Crippen LogP contribution in [0.25, 0.3) is 0 Å². The van der Waals surface area contributed by atoms with Gasteiger partial charge in [-0.25, -0.2) is 18.0 Å². The van der Waals surface area contributed by atoms with E-state index in [9.17, 15) is 18.0 Å². The Kier molecular flexibility index (Phi) is 5.72. The number of rotatable bonds is 5. The van der Waals surface area contributed by atoms with Gasteiger partial charge < -0.3 is 20.1 Å². The molecule has 2 amide bonds. The fourth-order valence-electron chi connectivity index (χ4n) is 1.79. The summed E-state index contributed by atoms with van der Waals surface area (Å²) < 4.78 is 28.6. The molecule has 10 heteroatoms. The van der Waals surface area contributed by atoms with E-state index in [4.69, 9.17) is 9.84 Å². The summed E-state index contributed by atoms with van der Waals surface area (Å²) in [5.41, 5.74) is 0. The highest BCUT2D eigenvalue weighted by molar-refractivity contribution is 7.88. The van der Waals surface area contributed by atoms with E-state index in [1.807, 2.05) is 0 Å². The summed E-state index contributed by atoms with van der Waals surface area (Å²) in [6.07, 6.45) is 0.0231. The van der Waals surface area contributed by atoms with Gasteiger partial charge in [-0.05, 0) is 0 Å². The smallest absolute Gasteiger partial charge is 0.334 e. The Hall–Kier alpha value is -1.39. The largest absolute Gasteiger partial charge is 0.479 e. The molecule has 0 bridgehead atoms. The number of piperazine rings is 1. The van der Waals surface area contributed by atoms with Crippen LogP contribution in [-0.4, -0.2) is 86.9 Å². The van der Waals surface area contributed by atoms with Crippen molar-refractivity contribution in [1.29, 1.82) is 0 Å². The third-order valence-corrected chi connectivity index (χ3v) is 4.30. The van der Waals surface area contributed by atoms with Crippen molar-refractivity contribution in [3.8, 4) is 0 Å². The number of nitrogens with one attached hydrogen (secondary N) is 1. The molecule has 0 aromatic rings. The van der Waals surface area contributed by atoms with Crippen molar-refractivity contribution in [3.05, 3.63) is 0 Å². The number of methoxy groups -OCH3 is 1. The number of hydrogen-bond donors (Lipinski definition) is 2. The highest BCUT2D eigenvalue weighted by Gasteiger charge is 2.26. The molecule has 1 rings (SSSR count). The number of carboxylic acids is 1. The van der Waals surface area contributed by atoms with Crippen molar-refractivity contribution < 1.29 is 27.9 Å². The Morgan fingerprint density at radius 3 is 2.25 bits per heavy atom. The fourth-order valence-corrected chi connectivity index (χ4v) is 2.61. The van der Waals surface area contributed by atoms with E-state index in [1.165, 1.54) is 16.3 Å². The molecule has 1 saturated heterocycles. The highest BCUT2D eigenvalue weighted by atomic mass is 32.2. The van der Waals surface area contributed by atoms with E-state index in [0.717, 1.165) is 6.26 Å². The fraction of sp³-hybridized carbons (Fsp3) is 0.800. The molecule has 1 unspecified atom stereocenters. The Morgan fingerprint density at radius 2 is 1.85 bits per heavy atom. The first-order chi connectivity index (χ1) is 9.25. The molecule has 0 aliphatic carbocycles. The number of carbonyl (C=O) groups is 2. The molecule has 116 valence electrons. The third-order valence-electron chi connectivity index (χ3n) is 2.99. The second kappa shape index (κ2) is 6.86. The number of ether oxygens (including phenoxy) is 1. The molecule has 1 fully saturated rings. The van der Waals surface area contributed by atoms with Crippen LogP contribution in [0.2, 0.25) is 0 Å². The van der Waals surface area contributed by atoms with Crippen LogP contribution in [0.1, 0.15) is 0 Å². The van der Waals surface area contributed by atoms with E-state index in [0.29, 0.717) is 0 Å². The van der Waals surface area contributed by atoms with Gasteiger partial charge >= 0.3 is 12.0 Å². The molecule has 9 nitrogen and oxygen atoms in total. The lowest BCUT2D eigenvalue weighted by Gasteiger charge is -2.33. The summed E-state index contributed by atoms with van der Waals surface area (Å²) in [4.78, 5) is 23.9. The van der Waals surface area contributed by atoms with Crippen LogP contribution in [0.5, 0.6) is 0 Å². The molecule has 0 radical (unpaired) electrons. The lowest BCUT2D eigenvalue weighted by molar-refractivity contribution is -0.148. The van der Waals surface area contributed by atoms with Gasteiger partial charge in [-0.2, -0.15) is 4.31 Å². The van der Waals surface area contributed by atoms with E-state index in [-0.39, 0.29) is 32.7 Å². The molecule has 1 atom stereocenters. The highest BCUT2D eigenvalue weighted by Crippen LogP contribution is 2.06. The lowest BCUT2D eigenvalue weighted by Crippen LogP contribution is -2.54. The lowest BCUT2D eigenvalue weighted by atomic mass is 10.3. The van der Waals surface area contributed by atoms with Crippen molar-refractivity contribution in [3.63, 3.8) is 0 Å². The molecule has 0 saturated carbocycles. The van der Waals surface area contributed by atoms with E-state index in [1.54, 1.807) is 0 Å². The molecule has 0 aromatic heterocycles. The molecule has 0 spiro atoms. The third kappa shape index (κ3) is 4.62. The first-order valence-electron chi connectivity index (χ1n) is 5.99. The van der Waals surface area contributed by atoms with Crippen LogP contribution >= 0.6 is 0 Å². The van der Waals surface area contributed by atoms with Gasteiger partial charge in [0, 0.05) is 33.3 Å². The van der Waals surface area contributed by atoms with Gasteiger partial charge in [0.25, 0.3) is 0 Å². The van der Waals surface area contributed by atoms with E-state index < -0.39 is 28.1 Å². The molecule has 1 heterocycles. The molecule has 0 aromatic carbocycles. The van der Waals surface area contributed by atoms with Crippen LogP contribution in [-0.2, 0) is 19.6 Å². The zero-order valence-corrected chi connectivity index (χ0v) is 12.2. The molecular weight excluding hydrogens is 290 g/mol. The molecule has 1 aliphatic heterocycles. The summed E-state index contributed by atoms with van der Waals surface area (Å²) in [6, 6.07) is -0.429. The van der Waals surface area contributed by atoms with E-state index in [2.05, 4.69) is 5.32 Å². The number of amides is 2. The van der Waals surface area contributed by atoms with Crippen molar-refractivity contribution in [2.75, 3.05) is 46.1 Å². The van der Waals surface area contributed by atoms with Gasteiger partial charge in [-0.3, -0.25) is 0 Å². The predicted octanol–water partition coefficient (Wildman–Crippen LogP) is -1.63. The summed E-state index contributed by atoms with van der Waals surface area (Å²) in [7, 11) is -1.99. The number of hydrogen-bond acceptors (Lipinski definition) is 5. The second-order valence-electron chi connectivity index (χ2n) is 4.40. The van der Waals surface area contributed by atoms with Crippen LogP contribution in [0.4, 0.5) is 4.79 Å². The van der Waals surface area contributed by atoms with E-state index >= 15 is 0 Å². The Bertz CT molecular complexity index is 458. The number of aliphatic carboxylic acids is 1. The Labute approximate surface area is 117 Å². The molecule has 20 heavy (non-hydrogen) atoms. The van der Waals surface area contributed by atoms with Crippen molar-refractivity contribution >= 4 is 22.0 Å². The van der Waals surface area contributed by atoms with Crippen molar-refractivity contribution in [2.24, 2.45) is 0 Å². The zero-order chi connectivity index (χ0) is 15.3. The molecule has 1 aliphatic rings. The maximum atomic E-state index is 11.8. The topological polar surface area (TPSA) is 116 Å². The number of sulfonamides is 1. The predicted molar refractivity (Wildman–Crippen MR) is 69.8 cm³/mol. The van der Waals surface area contributed by atoms with Gasteiger partial charge in [0.2, 0.25) is 10.0 Å². The number of nitrogens with zero attached hydrogens (tertiary/aromatic N) is 2. The van der Waals surface area contributed by atoms with Crippen molar-refractivity contribution in [1.82, 2.24) is 14.5 Å². The maximum absolute atomic E-state index is 11.8. The summed E-state index contributed by atoms with van der Waals surface area (Å²) in [5, 5.41) is 11.2. The molecular formula is C10H19N3O6S. The SMILES string of the molecule is COC(CNC(=O)N1CCN(S(C)(=O)=O)CC1)C(=O)O. The average molecular weight is 309 g/mol. The second-order valence-corrected chi connectivity index (χ2v) is 6.38. The van der Waals surface area contributed by atoms with Crippen LogP contribution in [0, 0.1) is 0 Å². The Balaban J connectivity index is 2.42. The number of urea groups is 1. The van der Waals surface area contributed by atoms with Crippen LogP contribution in [0.15, 0.2) is 0 Å². The van der Waals surface area contributed by atoms with Gasteiger partial charge in [-0.15, -0.1) is 0 Å². The standard InChI is InChI=1S/C10H19N3O6S/c1-19-8(9(14)15)7-11-10(16)12-3-5-13(6-4-12)20(2,17)18/h8H,3-7H2,1-2H3,(H,11,16)(H,14,15). The summed E-state index contributed by atoms with van der Waals surface area (Å²) in [5.74, 6) is -1.16. The minimum Gasteiger partial charge on any atom is -0.479 e. The summed E-state index contributed by atoms with van der Waals surface area (Å²) in [6.45, 7) is 0.863. The van der Waals surface area contributed by atoms with Crippen LogP contribution < -0.4 is 5.32 Å². The van der Waals surface area contributed by atoms with Gasteiger partial charge in [-0.1, -0.05) is 0 Å². The number of carboxylic acid groups (broad SMARTS) is 1. The van der Waals surface area contributed by atoms with Gasteiger partial charge in [0.05, 0.1) is 12.8 Å². The monoisotopic (exact) mass is 309 g/mol. The maximum Gasteiger partial charge on any atom is 0.334 e. The summed E-state index contributed by atoms with van der Waals surface area (Å²) >= 11 is 0. The zero-order valence-electron chi connectivity index (χ0n) is 11.4. The minimum atomic E-state index is -3.24. The van der Waals surface area contributed by atoms with Gasteiger partial charge in [0.15, 0.2) is 6.10 Å². The quantitative estimate of drug-likeness (QED) is 0.630. The van der Waals surface area contributed by atoms with Crippen LogP contribution in [0.3, 0.4) is 0 Å². The van der Waals surface area contributed by atoms with Gasteiger partial charge in [0.1, 0.15) is 0 Å². The normalized spacial score (nSPS) is 18.6. The van der Waals surface area contributed by atoms with Crippen molar-refractivity contribution in [2.45, 2.75) is 6.10 Å². The minimum absolute atomic E-state index is 0.142.